The topological polar surface area (TPSA) is 62.1 Å². The lowest BCUT2D eigenvalue weighted by Gasteiger charge is -2.26. The standard InChI is InChI=1S/C9H18N2O3/c1-7(12)11(6-10-5)8(13)14-9(2,3)4/h6-7,12H,1-5H3. The Hall–Kier alpha value is -1.10. The van der Waals surface area contributed by atoms with Gasteiger partial charge in [-0.15, -0.1) is 0 Å². The zero-order chi connectivity index (χ0) is 11.4. The van der Waals surface area contributed by atoms with Crippen LogP contribution in [0, 0.1) is 0 Å². The molecule has 0 aromatic carbocycles. The minimum Gasteiger partial charge on any atom is -0.443 e. The fourth-order valence-corrected chi connectivity index (χ4v) is 0.735. The fourth-order valence-electron chi connectivity index (χ4n) is 0.735. The van der Waals surface area contributed by atoms with Gasteiger partial charge in [0.25, 0.3) is 0 Å². The third-order valence-corrected chi connectivity index (χ3v) is 1.25. The summed E-state index contributed by atoms with van der Waals surface area (Å²) in [5.74, 6) is 0. The molecule has 0 heterocycles. The van der Waals surface area contributed by atoms with E-state index in [0.717, 1.165) is 4.90 Å². The van der Waals surface area contributed by atoms with Gasteiger partial charge in [0, 0.05) is 7.05 Å². The molecule has 82 valence electrons. The van der Waals surface area contributed by atoms with Gasteiger partial charge in [0.2, 0.25) is 0 Å². The Morgan fingerprint density at radius 2 is 2.07 bits per heavy atom. The lowest BCUT2D eigenvalue weighted by Crippen LogP contribution is -2.41. The Kier molecular flexibility index (Phi) is 4.56. The molecule has 1 atom stereocenters. The first kappa shape index (κ1) is 12.9. The lowest BCUT2D eigenvalue weighted by molar-refractivity contribution is 0.00470. The third-order valence-electron chi connectivity index (χ3n) is 1.25. The minimum absolute atomic E-state index is 0.578. The number of aliphatic hydroxyl groups excluding tert-OH is 1. The minimum atomic E-state index is -0.950. The first-order chi connectivity index (χ1) is 6.28. The molecule has 0 radical (unpaired) electrons. The average molecular weight is 202 g/mol. The summed E-state index contributed by atoms with van der Waals surface area (Å²) in [4.78, 5) is 16.1. The molecular weight excluding hydrogens is 184 g/mol. The summed E-state index contributed by atoms with van der Waals surface area (Å²) < 4.78 is 5.05. The van der Waals surface area contributed by atoms with Crippen LogP contribution in [0.15, 0.2) is 4.99 Å². The van der Waals surface area contributed by atoms with Crippen LogP contribution in [0.2, 0.25) is 0 Å². The predicted molar refractivity (Wildman–Crippen MR) is 54.2 cm³/mol. The molecule has 5 heteroatoms. The number of carbonyl (C=O) groups excluding carboxylic acids is 1. The smallest absolute Gasteiger partial charge is 0.417 e. The van der Waals surface area contributed by atoms with Crippen molar-refractivity contribution in [2.45, 2.75) is 39.5 Å². The van der Waals surface area contributed by atoms with E-state index >= 15 is 0 Å². The highest BCUT2D eigenvalue weighted by molar-refractivity contribution is 5.82. The van der Waals surface area contributed by atoms with Crippen LogP contribution in [0.5, 0.6) is 0 Å². The van der Waals surface area contributed by atoms with Gasteiger partial charge in [0.1, 0.15) is 11.8 Å². The molecule has 0 fully saturated rings. The number of hydrogen-bond acceptors (Lipinski definition) is 4. The Morgan fingerprint density at radius 3 is 2.36 bits per heavy atom. The van der Waals surface area contributed by atoms with Crippen LogP contribution in [0.3, 0.4) is 0 Å². The summed E-state index contributed by atoms with van der Waals surface area (Å²) in [7, 11) is 1.51. The van der Waals surface area contributed by atoms with E-state index in [-0.39, 0.29) is 0 Å². The van der Waals surface area contributed by atoms with Crippen LogP contribution >= 0.6 is 0 Å². The summed E-state index contributed by atoms with van der Waals surface area (Å²) in [5.41, 5.74) is -0.578. The summed E-state index contributed by atoms with van der Waals surface area (Å²) >= 11 is 0. The highest BCUT2D eigenvalue weighted by atomic mass is 16.6. The van der Waals surface area contributed by atoms with E-state index < -0.39 is 17.9 Å². The zero-order valence-corrected chi connectivity index (χ0v) is 9.31. The Bertz CT molecular complexity index is 219. The monoisotopic (exact) mass is 202 g/mol. The van der Waals surface area contributed by atoms with Gasteiger partial charge < -0.3 is 9.84 Å². The van der Waals surface area contributed by atoms with Gasteiger partial charge in [-0.3, -0.25) is 4.99 Å². The quantitative estimate of drug-likeness (QED) is 0.416. The number of nitrogens with zero attached hydrogens (tertiary/aromatic N) is 2. The van der Waals surface area contributed by atoms with Gasteiger partial charge in [0.15, 0.2) is 0 Å². The predicted octanol–water partition coefficient (Wildman–Crippen LogP) is 1.22. The molecule has 1 amide bonds. The summed E-state index contributed by atoms with van der Waals surface area (Å²) in [6.45, 7) is 6.74. The van der Waals surface area contributed by atoms with E-state index in [1.165, 1.54) is 20.3 Å². The fraction of sp³-hybridized carbons (Fsp3) is 0.778. The summed E-state index contributed by atoms with van der Waals surface area (Å²) in [6.07, 6.45) is -0.328. The first-order valence-electron chi connectivity index (χ1n) is 4.39. The molecule has 0 saturated carbocycles. The summed E-state index contributed by atoms with van der Waals surface area (Å²) in [6, 6.07) is 0. The van der Waals surface area contributed by atoms with E-state index in [9.17, 15) is 9.90 Å². The van der Waals surface area contributed by atoms with Gasteiger partial charge >= 0.3 is 6.09 Å². The molecule has 5 nitrogen and oxygen atoms in total. The number of ether oxygens (including phenoxy) is 1. The highest BCUT2D eigenvalue weighted by Gasteiger charge is 2.23. The maximum Gasteiger partial charge on any atom is 0.417 e. The summed E-state index contributed by atoms with van der Waals surface area (Å²) in [5, 5.41) is 9.24. The molecule has 0 aliphatic rings. The van der Waals surface area contributed by atoms with Crippen molar-refractivity contribution in [2.24, 2.45) is 4.99 Å². The molecule has 14 heavy (non-hydrogen) atoms. The van der Waals surface area contributed by atoms with Gasteiger partial charge in [-0.2, -0.15) is 0 Å². The second-order valence-electron chi connectivity index (χ2n) is 3.89. The van der Waals surface area contributed by atoms with Crippen molar-refractivity contribution >= 4 is 12.4 Å². The van der Waals surface area contributed by atoms with Crippen LogP contribution < -0.4 is 0 Å². The molecule has 0 aromatic heterocycles. The van der Waals surface area contributed by atoms with E-state index in [1.807, 2.05) is 0 Å². The molecule has 0 aliphatic carbocycles. The van der Waals surface area contributed by atoms with Crippen molar-refractivity contribution < 1.29 is 14.6 Å². The molecular formula is C9H18N2O3. The normalized spacial score (nSPS) is 14.1. The van der Waals surface area contributed by atoms with Crippen molar-refractivity contribution in [1.29, 1.82) is 0 Å². The maximum atomic E-state index is 11.4. The number of hydrogen-bond donors (Lipinski definition) is 1. The van der Waals surface area contributed by atoms with Crippen molar-refractivity contribution in [3.05, 3.63) is 0 Å². The second-order valence-corrected chi connectivity index (χ2v) is 3.89. The van der Waals surface area contributed by atoms with E-state index in [2.05, 4.69) is 4.99 Å². The van der Waals surface area contributed by atoms with E-state index in [1.54, 1.807) is 20.8 Å². The van der Waals surface area contributed by atoms with Crippen LogP contribution in [-0.2, 0) is 4.74 Å². The Labute approximate surface area is 84.4 Å². The number of aliphatic imine (C=N–C) groups is 1. The molecule has 0 bridgehead atoms. The van der Waals surface area contributed by atoms with Crippen molar-refractivity contribution in [2.75, 3.05) is 7.05 Å². The van der Waals surface area contributed by atoms with Gasteiger partial charge in [0.05, 0.1) is 6.34 Å². The van der Waals surface area contributed by atoms with Gasteiger partial charge in [-0.25, -0.2) is 9.69 Å². The number of rotatable bonds is 2. The molecule has 0 spiro atoms. The second kappa shape index (κ2) is 4.95. The van der Waals surface area contributed by atoms with Crippen LogP contribution in [-0.4, -0.2) is 41.3 Å². The van der Waals surface area contributed by atoms with Crippen molar-refractivity contribution in [3.63, 3.8) is 0 Å². The lowest BCUT2D eigenvalue weighted by atomic mass is 10.2. The highest BCUT2D eigenvalue weighted by Crippen LogP contribution is 2.10. The largest absolute Gasteiger partial charge is 0.443 e. The van der Waals surface area contributed by atoms with E-state index in [0.29, 0.717) is 0 Å². The maximum absolute atomic E-state index is 11.4. The van der Waals surface area contributed by atoms with Gasteiger partial charge in [-0.05, 0) is 27.7 Å². The molecule has 1 N–H and O–H groups in total. The van der Waals surface area contributed by atoms with Crippen molar-refractivity contribution in [1.82, 2.24) is 4.90 Å². The SMILES string of the molecule is CN=CN(C(=O)OC(C)(C)C)C(C)O. The molecule has 0 saturated heterocycles. The first-order valence-corrected chi connectivity index (χ1v) is 4.39. The molecule has 1 unspecified atom stereocenters. The molecule has 0 aliphatic heterocycles. The number of aliphatic hydroxyl groups is 1. The number of amides is 1. The van der Waals surface area contributed by atoms with Gasteiger partial charge in [-0.1, -0.05) is 0 Å². The van der Waals surface area contributed by atoms with Crippen LogP contribution in [0.4, 0.5) is 4.79 Å². The van der Waals surface area contributed by atoms with Crippen molar-refractivity contribution in [3.8, 4) is 0 Å². The zero-order valence-electron chi connectivity index (χ0n) is 9.31. The third kappa shape index (κ3) is 4.81. The molecule has 0 rings (SSSR count). The Balaban J connectivity index is 4.46. The number of carbonyl (C=O) groups is 1. The average Bonchev–Trinajstić information content (AvgIpc) is 1.95. The van der Waals surface area contributed by atoms with Crippen LogP contribution in [0.1, 0.15) is 27.7 Å². The van der Waals surface area contributed by atoms with E-state index in [4.69, 9.17) is 4.74 Å². The Morgan fingerprint density at radius 1 is 1.57 bits per heavy atom. The van der Waals surface area contributed by atoms with Crippen LogP contribution in [0.25, 0.3) is 0 Å². The molecule has 0 aromatic rings.